The van der Waals surface area contributed by atoms with E-state index in [2.05, 4.69) is 58.7 Å². The van der Waals surface area contributed by atoms with Gasteiger partial charge in [-0.1, -0.05) is 64.9 Å². The van der Waals surface area contributed by atoms with Crippen LogP contribution in [0.5, 0.6) is 0 Å². The molecule has 4 heteroatoms. The zero-order valence-electron chi connectivity index (χ0n) is 20.3. The minimum absolute atomic E-state index is 0.128. The molecule has 1 rings (SSSR count). The number of esters is 1. The lowest BCUT2D eigenvalue weighted by Crippen LogP contribution is -2.43. The zero-order chi connectivity index (χ0) is 22.6. The van der Waals surface area contributed by atoms with Gasteiger partial charge < -0.3 is 9.16 Å². The van der Waals surface area contributed by atoms with Gasteiger partial charge in [0.25, 0.3) is 0 Å². The van der Waals surface area contributed by atoms with Crippen LogP contribution in [0.15, 0.2) is 35.5 Å². The summed E-state index contributed by atoms with van der Waals surface area (Å²) in [4.78, 5) is 12.0. The van der Waals surface area contributed by atoms with Gasteiger partial charge in [-0.15, -0.1) is 0 Å². The van der Waals surface area contributed by atoms with Gasteiger partial charge in [-0.3, -0.25) is 0 Å². The second-order valence-corrected chi connectivity index (χ2v) is 14.2. The van der Waals surface area contributed by atoms with Gasteiger partial charge in [0, 0.05) is 5.57 Å². The van der Waals surface area contributed by atoms with E-state index in [0.29, 0.717) is 6.61 Å². The Bertz CT molecular complexity index is 696. The SMILES string of the molecule is CCCCCC(/C=C/C#C/C=C\C1=C(C(=O)OCC)CCC1)O[Si](C)(C)C(C)(C)C. The Labute approximate surface area is 186 Å². The van der Waals surface area contributed by atoms with E-state index >= 15 is 0 Å². The molecule has 168 valence electrons. The monoisotopic (exact) mass is 430 g/mol. The molecule has 0 spiro atoms. The van der Waals surface area contributed by atoms with Crippen molar-refractivity contribution in [2.45, 2.75) is 104 Å². The van der Waals surface area contributed by atoms with E-state index in [1.165, 1.54) is 19.3 Å². The lowest BCUT2D eigenvalue weighted by molar-refractivity contribution is -0.138. The minimum atomic E-state index is -1.81. The molecule has 0 fully saturated rings. The number of unbranched alkanes of at least 4 members (excludes halogenated alkanes) is 2. The minimum Gasteiger partial charge on any atom is -0.463 e. The van der Waals surface area contributed by atoms with Crippen molar-refractivity contribution in [3.05, 3.63) is 35.5 Å². The number of carbonyl (C=O) groups excluding carboxylic acids is 1. The third-order valence-corrected chi connectivity index (χ3v) is 10.5. The highest BCUT2D eigenvalue weighted by Crippen LogP contribution is 2.38. The Hall–Kier alpha value is -1.57. The molecule has 0 bridgehead atoms. The van der Waals surface area contributed by atoms with E-state index < -0.39 is 8.32 Å². The molecular weight excluding hydrogens is 388 g/mol. The van der Waals surface area contributed by atoms with Gasteiger partial charge in [-0.2, -0.15) is 0 Å². The van der Waals surface area contributed by atoms with Crippen molar-refractivity contribution >= 4 is 14.3 Å². The molecule has 0 saturated carbocycles. The molecule has 0 aliphatic heterocycles. The average molecular weight is 431 g/mol. The van der Waals surface area contributed by atoms with Crippen molar-refractivity contribution in [1.29, 1.82) is 0 Å². The molecule has 0 N–H and O–H groups in total. The maximum atomic E-state index is 12.0. The molecule has 1 aliphatic carbocycles. The van der Waals surface area contributed by atoms with Crippen LogP contribution in [-0.4, -0.2) is 27.0 Å². The zero-order valence-corrected chi connectivity index (χ0v) is 21.3. The fraction of sp³-hybridized carbons (Fsp3) is 0.654. The highest BCUT2D eigenvalue weighted by Gasteiger charge is 2.38. The molecule has 0 aromatic rings. The number of hydrogen-bond acceptors (Lipinski definition) is 3. The summed E-state index contributed by atoms with van der Waals surface area (Å²) in [5.41, 5.74) is 1.87. The Balaban J connectivity index is 2.76. The molecular formula is C26H42O3Si. The second-order valence-electron chi connectivity index (χ2n) is 9.47. The highest BCUT2D eigenvalue weighted by atomic mass is 28.4. The summed E-state index contributed by atoms with van der Waals surface area (Å²) in [6.45, 7) is 15.9. The van der Waals surface area contributed by atoms with Gasteiger partial charge in [-0.05, 0) is 74.5 Å². The van der Waals surface area contributed by atoms with Gasteiger partial charge >= 0.3 is 5.97 Å². The Morgan fingerprint density at radius 2 is 1.83 bits per heavy atom. The molecule has 0 saturated heterocycles. The van der Waals surface area contributed by atoms with E-state index in [-0.39, 0.29) is 17.1 Å². The first kappa shape index (κ1) is 26.5. The summed E-state index contributed by atoms with van der Waals surface area (Å²) in [5.74, 6) is 5.99. The van der Waals surface area contributed by atoms with Crippen molar-refractivity contribution in [2.75, 3.05) is 6.61 Å². The van der Waals surface area contributed by atoms with Crippen LogP contribution in [-0.2, 0) is 14.0 Å². The van der Waals surface area contributed by atoms with Crippen LogP contribution in [0.1, 0.15) is 79.6 Å². The van der Waals surface area contributed by atoms with E-state index in [4.69, 9.17) is 9.16 Å². The molecule has 0 radical (unpaired) electrons. The molecule has 3 nitrogen and oxygen atoms in total. The van der Waals surface area contributed by atoms with Crippen LogP contribution < -0.4 is 0 Å². The maximum Gasteiger partial charge on any atom is 0.334 e. The summed E-state index contributed by atoms with van der Waals surface area (Å²) >= 11 is 0. The number of carbonyl (C=O) groups is 1. The largest absolute Gasteiger partial charge is 0.463 e. The van der Waals surface area contributed by atoms with Crippen molar-refractivity contribution in [3.8, 4) is 11.8 Å². The number of hydrogen-bond donors (Lipinski definition) is 0. The Kier molecular flexibility index (Phi) is 11.4. The summed E-state index contributed by atoms with van der Waals surface area (Å²) in [6, 6.07) is 0. The molecule has 1 atom stereocenters. The Morgan fingerprint density at radius 3 is 2.47 bits per heavy atom. The fourth-order valence-corrected chi connectivity index (χ4v) is 4.45. The predicted octanol–water partition coefficient (Wildman–Crippen LogP) is 7.12. The highest BCUT2D eigenvalue weighted by molar-refractivity contribution is 6.74. The Morgan fingerprint density at radius 1 is 1.13 bits per heavy atom. The lowest BCUT2D eigenvalue weighted by atomic mass is 10.1. The third kappa shape index (κ3) is 9.06. The van der Waals surface area contributed by atoms with E-state index in [0.717, 1.165) is 36.8 Å². The fourth-order valence-electron chi connectivity index (χ4n) is 3.14. The maximum absolute atomic E-state index is 12.0. The van der Waals surface area contributed by atoms with Crippen LogP contribution in [0.3, 0.4) is 0 Å². The van der Waals surface area contributed by atoms with Crippen molar-refractivity contribution < 1.29 is 14.0 Å². The summed E-state index contributed by atoms with van der Waals surface area (Å²) < 4.78 is 11.8. The van der Waals surface area contributed by atoms with Crippen LogP contribution in [0.25, 0.3) is 0 Å². The second kappa shape index (κ2) is 13.0. The van der Waals surface area contributed by atoms with Gasteiger partial charge in [0.15, 0.2) is 8.32 Å². The molecule has 1 aliphatic rings. The predicted molar refractivity (Wildman–Crippen MR) is 130 cm³/mol. The van der Waals surface area contributed by atoms with Crippen LogP contribution in [0, 0.1) is 11.8 Å². The molecule has 0 heterocycles. The van der Waals surface area contributed by atoms with Gasteiger partial charge in [0.2, 0.25) is 0 Å². The van der Waals surface area contributed by atoms with E-state index in [1.807, 2.05) is 25.2 Å². The van der Waals surface area contributed by atoms with Crippen LogP contribution >= 0.6 is 0 Å². The topological polar surface area (TPSA) is 35.5 Å². The molecule has 1 unspecified atom stereocenters. The smallest absolute Gasteiger partial charge is 0.334 e. The first-order chi connectivity index (χ1) is 14.1. The average Bonchev–Trinajstić information content (AvgIpc) is 3.12. The first-order valence-corrected chi connectivity index (χ1v) is 14.4. The summed E-state index contributed by atoms with van der Waals surface area (Å²) in [5, 5.41) is 0.198. The van der Waals surface area contributed by atoms with E-state index in [9.17, 15) is 4.79 Å². The van der Waals surface area contributed by atoms with Gasteiger partial charge in [0.05, 0.1) is 12.7 Å². The normalized spacial score (nSPS) is 16.2. The van der Waals surface area contributed by atoms with Gasteiger partial charge in [-0.25, -0.2) is 4.79 Å². The van der Waals surface area contributed by atoms with Crippen molar-refractivity contribution in [2.24, 2.45) is 0 Å². The number of ether oxygens (including phenoxy) is 1. The standard InChI is InChI=1S/C26H42O3Si/c1-8-10-13-19-23(29-30(6,7)26(3,4)5)20-15-12-11-14-17-22-18-16-21-24(22)25(27)28-9-2/h14-15,17,20,23H,8-10,13,16,18-19,21H2,1-7H3/b17-14-,20-15+. The molecule has 0 aromatic heterocycles. The van der Waals surface area contributed by atoms with Crippen molar-refractivity contribution in [3.63, 3.8) is 0 Å². The summed E-state index contributed by atoms with van der Waals surface area (Å²) in [7, 11) is -1.81. The van der Waals surface area contributed by atoms with E-state index in [1.54, 1.807) is 0 Å². The first-order valence-electron chi connectivity index (χ1n) is 11.5. The molecule has 30 heavy (non-hydrogen) atoms. The van der Waals surface area contributed by atoms with Crippen LogP contribution in [0.4, 0.5) is 0 Å². The number of rotatable bonds is 10. The third-order valence-electron chi connectivity index (χ3n) is 5.97. The lowest BCUT2D eigenvalue weighted by Gasteiger charge is -2.38. The quantitative estimate of drug-likeness (QED) is 0.160. The molecule has 0 aromatic carbocycles. The van der Waals surface area contributed by atoms with Gasteiger partial charge in [0.1, 0.15) is 0 Å². The van der Waals surface area contributed by atoms with Crippen LogP contribution in [0.2, 0.25) is 18.1 Å². The molecule has 0 amide bonds. The van der Waals surface area contributed by atoms with Crippen molar-refractivity contribution in [1.82, 2.24) is 0 Å². The summed E-state index contributed by atoms with van der Waals surface area (Å²) in [6.07, 6.45) is 15.4. The number of allylic oxidation sites excluding steroid dienone is 4.